The minimum atomic E-state index is -1.74. The van der Waals surface area contributed by atoms with Crippen LogP contribution in [0.5, 0.6) is 0 Å². The van der Waals surface area contributed by atoms with Crippen LogP contribution in [-0.4, -0.2) is 110 Å². The third kappa shape index (κ3) is 10.5. The smallest absolute Gasteiger partial charge is 0.303 e. The summed E-state index contributed by atoms with van der Waals surface area (Å²) < 4.78 is 49.3. The van der Waals surface area contributed by atoms with Crippen LogP contribution in [0.25, 0.3) is 10.4 Å². The molecule has 2 rings (SSSR count). The molecule has 10 atom stereocenters. The first kappa shape index (κ1) is 35.5. The number of rotatable bonds is 11. The lowest BCUT2D eigenvalue weighted by molar-refractivity contribution is -0.336. The van der Waals surface area contributed by atoms with Crippen molar-refractivity contribution in [1.82, 2.24) is 0 Å². The Balaban J connectivity index is 2.66. The van der Waals surface area contributed by atoms with Crippen molar-refractivity contribution in [2.45, 2.75) is 102 Å². The zero-order valence-electron chi connectivity index (χ0n) is 24.0. The van der Waals surface area contributed by atoms with Gasteiger partial charge in [-0.05, 0) is 5.53 Å². The molecule has 0 bridgehead atoms. The van der Waals surface area contributed by atoms with Gasteiger partial charge in [-0.25, -0.2) is 0 Å². The monoisotopic (exact) mass is 637 g/mol. The molecule has 0 aliphatic carbocycles. The number of carbonyl (C=O) groups excluding carboxylic acids is 6. The summed E-state index contributed by atoms with van der Waals surface area (Å²) >= 11 is 6.27. The molecule has 0 aromatic rings. The van der Waals surface area contributed by atoms with E-state index in [-0.39, 0.29) is 0 Å². The molecule has 0 amide bonds. The van der Waals surface area contributed by atoms with E-state index in [9.17, 15) is 28.8 Å². The van der Waals surface area contributed by atoms with Crippen molar-refractivity contribution in [3.05, 3.63) is 10.4 Å². The molecule has 0 spiro atoms. The van der Waals surface area contributed by atoms with Crippen LogP contribution in [0, 0.1) is 0 Å². The van der Waals surface area contributed by atoms with Gasteiger partial charge in [-0.1, -0.05) is 16.7 Å². The Labute approximate surface area is 250 Å². The van der Waals surface area contributed by atoms with E-state index < -0.39 is 110 Å². The van der Waals surface area contributed by atoms with Gasteiger partial charge in [0, 0.05) is 46.5 Å². The SMILES string of the molecule is CC(=O)OC[C@H]1O[C@@H](O[C@H]2[C@H](OC(C)=O)[C@@H](N=[N+]=[N-])[C@@H](Cl)O[C@@H]2COC(C)=O)[C@H](OC(C)=O)[C@@H](OC(C)=O)[C@H]1OC(C)=O. The first-order chi connectivity index (χ1) is 20.1. The van der Waals surface area contributed by atoms with Crippen molar-refractivity contribution in [3.8, 4) is 0 Å². The van der Waals surface area contributed by atoms with Crippen LogP contribution in [0.1, 0.15) is 41.5 Å². The number of alkyl halides is 1. The molecule has 2 aliphatic rings. The predicted octanol–water partition coefficient (Wildman–Crippen LogP) is 0.592. The third-order valence-corrected chi connectivity index (χ3v) is 6.14. The summed E-state index contributed by atoms with van der Waals surface area (Å²) in [7, 11) is 0. The molecular weight excluding hydrogens is 606 g/mol. The number of hydrogen-bond acceptors (Lipinski definition) is 16. The molecule has 19 heteroatoms. The van der Waals surface area contributed by atoms with Crippen molar-refractivity contribution in [2.75, 3.05) is 13.2 Å². The highest BCUT2D eigenvalue weighted by Gasteiger charge is 2.56. The van der Waals surface area contributed by atoms with Crippen LogP contribution in [0.3, 0.4) is 0 Å². The van der Waals surface area contributed by atoms with E-state index in [2.05, 4.69) is 10.0 Å². The van der Waals surface area contributed by atoms with Crippen molar-refractivity contribution in [3.63, 3.8) is 0 Å². The summed E-state index contributed by atoms with van der Waals surface area (Å²) in [6, 6.07) is -1.39. The standard InChI is InChI=1S/C24H32ClN3O15/c1-9(29)35-7-15-18(20(38-12(4)32)17(27-28-26)23(25)41-15)43-24-22(40-14(6)34)21(39-13(5)33)19(37-11(3)31)16(42-24)8-36-10(2)30/h15-24H,7-8H2,1-6H3/t15-,16-,17-,18-,19+,20-,21+,22-,23+,24+/m1/s1. The average molecular weight is 638 g/mol. The van der Waals surface area contributed by atoms with Crippen molar-refractivity contribution < 1.29 is 71.4 Å². The van der Waals surface area contributed by atoms with Gasteiger partial charge < -0.3 is 42.6 Å². The second-order valence-electron chi connectivity index (χ2n) is 9.27. The van der Waals surface area contributed by atoms with Crippen LogP contribution in [-0.2, 0) is 71.4 Å². The lowest BCUT2D eigenvalue weighted by Gasteiger charge is -2.48. The maximum atomic E-state index is 12.2. The molecule has 2 fully saturated rings. The number of halogens is 1. The fourth-order valence-corrected chi connectivity index (χ4v) is 4.66. The summed E-state index contributed by atoms with van der Waals surface area (Å²) in [5.74, 6) is -4.94. The molecular formula is C24H32ClN3O15. The second-order valence-corrected chi connectivity index (χ2v) is 9.70. The Hall–Kier alpha value is -3.70. The minimum Gasteiger partial charge on any atom is -0.463 e. The number of hydrogen-bond donors (Lipinski definition) is 0. The normalized spacial score (nSPS) is 31.8. The number of ether oxygens (including phenoxy) is 9. The zero-order chi connectivity index (χ0) is 32.4. The summed E-state index contributed by atoms with van der Waals surface area (Å²) in [4.78, 5) is 74.2. The van der Waals surface area contributed by atoms with Crippen molar-refractivity contribution in [2.24, 2.45) is 5.11 Å². The van der Waals surface area contributed by atoms with Gasteiger partial charge in [0.25, 0.3) is 0 Å². The van der Waals surface area contributed by atoms with E-state index >= 15 is 0 Å². The molecule has 0 aromatic heterocycles. The Kier molecular flexibility index (Phi) is 13.4. The Bertz CT molecular complexity index is 1120. The Morgan fingerprint density at radius 3 is 1.56 bits per heavy atom. The molecule has 0 N–H and O–H groups in total. The fraction of sp³-hybridized carbons (Fsp3) is 0.750. The van der Waals surface area contributed by atoms with Gasteiger partial charge in [-0.3, -0.25) is 28.8 Å². The van der Waals surface area contributed by atoms with E-state index in [1.807, 2.05) is 0 Å². The van der Waals surface area contributed by atoms with E-state index in [4.69, 9.17) is 59.8 Å². The lowest BCUT2D eigenvalue weighted by Crippen LogP contribution is -2.66. The first-order valence-electron chi connectivity index (χ1n) is 12.7. The zero-order valence-corrected chi connectivity index (χ0v) is 24.8. The third-order valence-electron chi connectivity index (χ3n) is 5.78. The molecule has 18 nitrogen and oxygen atoms in total. The van der Waals surface area contributed by atoms with E-state index in [1.165, 1.54) is 0 Å². The largest absolute Gasteiger partial charge is 0.463 e. The van der Waals surface area contributed by atoms with Crippen LogP contribution in [0.4, 0.5) is 0 Å². The highest BCUT2D eigenvalue weighted by Crippen LogP contribution is 2.36. The number of carbonyl (C=O) groups is 6. The van der Waals surface area contributed by atoms with E-state index in [1.54, 1.807) is 0 Å². The highest BCUT2D eigenvalue weighted by atomic mass is 35.5. The maximum absolute atomic E-state index is 12.2. The minimum absolute atomic E-state index is 0.505. The van der Waals surface area contributed by atoms with Gasteiger partial charge in [-0.2, -0.15) is 0 Å². The van der Waals surface area contributed by atoms with Gasteiger partial charge in [0.15, 0.2) is 24.6 Å². The van der Waals surface area contributed by atoms with Gasteiger partial charge in [0.1, 0.15) is 49.2 Å². The maximum Gasteiger partial charge on any atom is 0.303 e. The Morgan fingerprint density at radius 2 is 1.09 bits per heavy atom. The molecule has 2 heterocycles. The molecule has 0 aromatic carbocycles. The molecule has 2 aliphatic heterocycles. The fourth-order valence-electron chi connectivity index (χ4n) is 4.34. The summed E-state index contributed by atoms with van der Waals surface area (Å²) in [6.07, 6.45) is -12.1. The average Bonchev–Trinajstić information content (AvgIpc) is 2.87. The highest BCUT2D eigenvalue weighted by molar-refractivity contribution is 6.20. The molecule has 2 saturated heterocycles. The first-order valence-corrected chi connectivity index (χ1v) is 13.2. The van der Waals surface area contributed by atoms with Gasteiger partial charge in [0.05, 0.1) is 0 Å². The van der Waals surface area contributed by atoms with Crippen LogP contribution < -0.4 is 0 Å². The quantitative estimate of drug-likeness (QED) is 0.0752. The van der Waals surface area contributed by atoms with Gasteiger partial charge in [-0.15, -0.1) is 0 Å². The summed E-state index contributed by atoms with van der Waals surface area (Å²) in [6.45, 7) is 5.33. The lowest BCUT2D eigenvalue weighted by atomic mass is 9.96. The number of azide groups is 1. The van der Waals surface area contributed by atoms with E-state index in [0.717, 1.165) is 41.5 Å². The molecule has 0 saturated carbocycles. The topological polar surface area (TPSA) is 234 Å². The summed E-state index contributed by atoms with van der Waals surface area (Å²) in [5.41, 5.74) is 7.72. The van der Waals surface area contributed by atoms with Crippen LogP contribution in [0.15, 0.2) is 5.11 Å². The molecule has 43 heavy (non-hydrogen) atoms. The van der Waals surface area contributed by atoms with Crippen molar-refractivity contribution >= 4 is 47.4 Å². The Morgan fingerprint density at radius 1 is 0.651 bits per heavy atom. The predicted molar refractivity (Wildman–Crippen MR) is 136 cm³/mol. The molecule has 0 radical (unpaired) electrons. The van der Waals surface area contributed by atoms with Gasteiger partial charge in [0.2, 0.25) is 0 Å². The van der Waals surface area contributed by atoms with Crippen molar-refractivity contribution in [1.29, 1.82) is 0 Å². The number of nitrogens with zero attached hydrogens (tertiary/aromatic N) is 3. The van der Waals surface area contributed by atoms with Crippen LogP contribution >= 0.6 is 11.6 Å². The number of esters is 6. The molecule has 240 valence electrons. The second kappa shape index (κ2) is 16.2. The van der Waals surface area contributed by atoms with Crippen LogP contribution in [0.2, 0.25) is 0 Å². The molecule has 0 unspecified atom stereocenters. The van der Waals surface area contributed by atoms with E-state index in [0.29, 0.717) is 0 Å². The summed E-state index contributed by atoms with van der Waals surface area (Å²) in [5, 5.41) is 3.55. The van der Waals surface area contributed by atoms with Gasteiger partial charge >= 0.3 is 35.8 Å².